The van der Waals surface area contributed by atoms with Crippen molar-refractivity contribution in [2.75, 3.05) is 26.1 Å². The minimum absolute atomic E-state index is 0.0152. The predicted molar refractivity (Wildman–Crippen MR) is 107 cm³/mol. The monoisotopic (exact) mass is 408 g/mol. The van der Waals surface area contributed by atoms with E-state index in [1.54, 1.807) is 57.4 Å². The number of carbonyl (C=O) groups excluding carboxylic acids is 1. The fourth-order valence-electron chi connectivity index (χ4n) is 2.66. The zero-order valence-corrected chi connectivity index (χ0v) is 16.9. The lowest BCUT2D eigenvalue weighted by atomic mass is 10.1. The third-order valence-electron chi connectivity index (χ3n) is 4.35. The number of methoxy groups -OCH3 is 1. The normalized spacial score (nSPS) is 12.0. The first-order chi connectivity index (χ1) is 13.8. The number of nitrogens with one attached hydrogen (secondary N) is 1. The van der Waals surface area contributed by atoms with E-state index in [9.17, 15) is 13.6 Å². The summed E-state index contributed by atoms with van der Waals surface area (Å²) < 4.78 is 40.0. The Balaban J connectivity index is 2.02. The van der Waals surface area contributed by atoms with Gasteiger partial charge in [-0.3, -0.25) is 9.69 Å². The largest absolute Gasteiger partial charge is 0.497 e. The summed E-state index contributed by atoms with van der Waals surface area (Å²) >= 11 is 0. The van der Waals surface area contributed by atoms with Crippen molar-refractivity contribution in [3.63, 3.8) is 0 Å². The van der Waals surface area contributed by atoms with Crippen LogP contribution >= 0.6 is 0 Å². The molecule has 0 aliphatic rings. The number of likely N-dealkylation sites (N-methyl/N-ethyl adjacent to an activating group) is 1. The van der Waals surface area contributed by atoms with Crippen LogP contribution in [0.5, 0.6) is 17.2 Å². The third kappa shape index (κ3) is 6.60. The fraction of sp³-hybridized carbons (Fsp3) is 0.381. The highest BCUT2D eigenvalue weighted by atomic mass is 19.3. The molecule has 0 aliphatic carbocycles. The number of halogens is 2. The van der Waals surface area contributed by atoms with Gasteiger partial charge in [-0.25, -0.2) is 0 Å². The van der Waals surface area contributed by atoms with Crippen LogP contribution in [0.2, 0.25) is 0 Å². The molecule has 0 aromatic heterocycles. The first kappa shape index (κ1) is 22.4. The first-order valence-electron chi connectivity index (χ1n) is 9.19. The zero-order chi connectivity index (χ0) is 21.4. The maximum absolute atomic E-state index is 12.5. The average Bonchev–Trinajstić information content (AvgIpc) is 2.69. The molecule has 1 amide bonds. The number of anilines is 1. The Morgan fingerprint density at radius 3 is 2.41 bits per heavy atom. The molecule has 8 heteroatoms. The van der Waals surface area contributed by atoms with E-state index in [1.807, 2.05) is 11.9 Å². The molecule has 2 aromatic carbocycles. The van der Waals surface area contributed by atoms with Gasteiger partial charge >= 0.3 is 6.61 Å². The highest BCUT2D eigenvalue weighted by Crippen LogP contribution is 2.30. The Kier molecular flexibility index (Phi) is 8.21. The van der Waals surface area contributed by atoms with Gasteiger partial charge in [0.05, 0.1) is 19.8 Å². The number of amides is 1. The molecule has 158 valence electrons. The van der Waals surface area contributed by atoms with Crippen LogP contribution in [0.3, 0.4) is 0 Å². The van der Waals surface area contributed by atoms with Gasteiger partial charge in [-0.05, 0) is 62.9 Å². The lowest BCUT2D eigenvalue weighted by Gasteiger charge is -2.24. The quantitative estimate of drug-likeness (QED) is 0.640. The van der Waals surface area contributed by atoms with Crippen molar-refractivity contribution in [3.8, 4) is 17.2 Å². The van der Waals surface area contributed by atoms with E-state index in [0.717, 1.165) is 5.56 Å². The van der Waals surface area contributed by atoms with Crippen molar-refractivity contribution in [3.05, 3.63) is 48.0 Å². The molecule has 1 N–H and O–H groups in total. The van der Waals surface area contributed by atoms with Gasteiger partial charge in [-0.1, -0.05) is 6.07 Å². The molecule has 0 saturated carbocycles. The van der Waals surface area contributed by atoms with Crippen LogP contribution in [-0.2, 0) is 11.3 Å². The van der Waals surface area contributed by atoms with E-state index in [1.165, 1.54) is 6.07 Å². The number of nitrogens with zero attached hydrogens (tertiary/aromatic N) is 1. The molecular formula is C21H26F2N2O4. The summed E-state index contributed by atoms with van der Waals surface area (Å²) in [4.78, 5) is 14.4. The molecule has 6 nitrogen and oxygen atoms in total. The van der Waals surface area contributed by atoms with Crippen molar-refractivity contribution in [1.29, 1.82) is 0 Å². The highest BCUT2D eigenvalue weighted by molar-refractivity contribution is 5.94. The summed E-state index contributed by atoms with van der Waals surface area (Å²) in [5, 5.41) is 2.86. The number of rotatable bonds is 10. The van der Waals surface area contributed by atoms with Gasteiger partial charge in [-0.15, -0.1) is 0 Å². The smallest absolute Gasteiger partial charge is 0.387 e. The van der Waals surface area contributed by atoms with E-state index in [4.69, 9.17) is 9.47 Å². The van der Waals surface area contributed by atoms with Gasteiger partial charge in [0.2, 0.25) is 5.91 Å². The first-order valence-corrected chi connectivity index (χ1v) is 9.19. The minimum atomic E-state index is -2.93. The summed E-state index contributed by atoms with van der Waals surface area (Å²) in [7, 11) is 3.38. The van der Waals surface area contributed by atoms with Gasteiger partial charge in [0.25, 0.3) is 0 Å². The van der Waals surface area contributed by atoms with Gasteiger partial charge in [0.15, 0.2) is 11.5 Å². The Morgan fingerprint density at radius 2 is 1.83 bits per heavy atom. The van der Waals surface area contributed by atoms with E-state index in [0.29, 0.717) is 24.6 Å². The SMILES string of the molecule is CCOc1cc(CN(C)C(C)C(=O)Nc2ccc(OC)cc2)ccc1OC(F)F. The molecule has 1 atom stereocenters. The maximum Gasteiger partial charge on any atom is 0.387 e. The van der Waals surface area contributed by atoms with E-state index >= 15 is 0 Å². The molecule has 0 spiro atoms. The standard InChI is InChI=1S/C21H26F2N2O4/c1-5-28-19-12-15(6-11-18(19)29-21(22)23)13-25(3)14(2)20(26)24-16-7-9-17(27-4)10-8-16/h6-12,14,21H,5,13H2,1-4H3,(H,24,26). The fourth-order valence-corrected chi connectivity index (χ4v) is 2.66. The van der Waals surface area contributed by atoms with Crippen LogP contribution in [-0.4, -0.2) is 44.2 Å². The summed E-state index contributed by atoms with van der Waals surface area (Å²) in [6, 6.07) is 11.4. The summed E-state index contributed by atoms with van der Waals surface area (Å²) in [6.07, 6.45) is 0. The van der Waals surface area contributed by atoms with Gasteiger partial charge in [0, 0.05) is 12.2 Å². The summed E-state index contributed by atoms with van der Waals surface area (Å²) in [5.41, 5.74) is 1.48. The van der Waals surface area contributed by atoms with E-state index < -0.39 is 12.7 Å². The van der Waals surface area contributed by atoms with Crippen LogP contribution < -0.4 is 19.5 Å². The van der Waals surface area contributed by atoms with Crippen molar-refractivity contribution in [1.82, 2.24) is 4.90 Å². The number of benzene rings is 2. The van der Waals surface area contributed by atoms with Crippen molar-refractivity contribution in [2.45, 2.75) is 33.0 Å². The van der Waals surface area contributed by atoms with Crippen molar-refractivity contribution >= 4 is 11.6 Å². The topological polar surface area (TPSA) is 60.0 Å². The Bertz CT molecular complexity index is 800. The molecule has 0 fully saturated rings. The van der Waals surface area contributed by atoms with Crippen LogP contribution in [0, 0.1) is 0 Å². The Morgan fingerprint density at radius 1 is 1.14 bits per heavy atom. The minimum Gasteiger partial charge on any atom is -0.497 e. The van der Waals surface area contributed by atoms with Gasteiger partial charge < -0.3 is 19.5 Å². The Hall–Kier alpha value is -2.87. The van der Waals surface area contributed by atoms with Gasteiger partial charge in [-0.2, -0.15) is 8.78 Å². The second-order valence-corrected chi connectivity index (χ2v) is 6.40. The second kappa shape index (κ2) is 10.6. The summed E-state index contributed by atoms with van der Waals surface area (Å²) in [6.45, 7) is 1.36. The molecule has 2 aromatic rings. The predicted octanol–water partition coefficient (Wildman–Crippen LogP) is 4.15. The molecule has 0 aliphatic heterocycles. The molecular weight excluding hydrogens is 382 g/mol. The summed E-state index contributed by atoms with van der Waals surface area (Å²) in [5.74, 6) is 0.769. The number of ether oxygens (including phenoxy) is 3. The molecule has 0 heterocycles. The number of hydrogen-bond donors (Lipinski definition) is 1. The van der Waals surface area contributed by atoms with Crippen LogP contribution in [0.25, 0.3) is 0 Å². The Labute approximate surface area is 169 Å². The number of alkyl halides is 2. The van der Waals surface area contributed by atoms with Crippen LogP contribution in [0.1, 0.15) is 19.4 Å². The molecule has 0 bridgehead atoms. The molecule has 1 unspecified atom stereocenters. The third-order valence-corrected chi connectivity index (χ3v) is 4.35. The van der Waals surface area contributed by atoms with Crippen LogP contribution in [0.15, 0.2) is 42.5 Å². The lowest BCUT2D eigenvalue weighted by Crippen LogP contribution is -2.39. The van der Waals surface area contributed by atoms with E-state index in [2.05, 4.69) is 10.1 Å². The molecule has 0 radical (unpaired) electrons. The average molecular weight is 408 g/mol. The molecule has 0 saturated heterocycles. The van der Waals surface area contributed by atoms with E-state index in [-0.39, 0.29) is 17.4 Å². The maximum atomic E-state index is 12.5. The zero-order valence-electron chi connectivity index (χ0n) is 16.9. The highest BCUT2D eigenvalue weighted by Gasteiger charge is 2.19. The lowest BCUT2D eigenvalue weighted by molar-refractivity contribution is -0.120. The molecule has 2 rings (SSSR count). The molecule has 29 heavy (non-hydrogen) atoms. The number of carbonyl (C=O) groups is 1. The van der Waals surface area contributed by atoms with Crippen LogP contribution in [0.4, 0.5) is 14.5 Å². The second-order valence-electron chi connectivity index (χ2n) is 6.40. The van der Waals surface area contributed by atoms with Crippen molar-refractivity contribution in [2.24, 2.45) is 0 Å². The van der Waals surface area contributed by atoms with Gasteiger partial charge in [0.1, 0.15) is 5.75 Å². The van der Waals surface area contributed by atoms with Crippen molar-refractivity contribution < 1.29 is 27.8 Å². The number of hydrogen-bond acceptors (Lipinski definition) is 5.